The van der Waals surface area contributed by atoms with Crippen LogP contribution in [0.2, 0.25) is 0 Å². The van der Waals surface area contributed by atoms with Crippen LogP contribution in [0.3, 0.4) is 0 Å². The smallest absolute Gasteiger partial charge is 0.291 e. The minimum atomic E-state index is -2.74. The first-order valence-corrected chi connectivity index (χ1v) is 5.14. The lowest BCUT2D eigenvalue weighted by molar-refractivity contribution is -0.201. The molecule has 1 saturated heterocycles. The van der Waals surface area contributed by atoms with Crippen molar-refractivity contribution in [2.75, 3.05) is 6.54 Å². The highest BCUT2D eigenvalue weighted by molar-refractivity contribution is 5.99. The van der Waals surface area contributed by atoms with Crippen molar-refractivity contribution in [1.29, 1.82) is 5.41 Å². The van der Waals surface area contributed by atoms with Gasteiger partial charge in [-0.05, 0) is 12.8 Å². The molecule has 1 rings (SSSR count). The van der Waals surface area contributed by atoms with E-state index in [-0.39, 0.29) is 13.0 Å². The highest BCUT2D eigenvalue weighted by atomic mass is 16.5. The number of amides is 2. The fourth-order valence-corrected chi connectivity index (χ4v) is 1.75. The Bertz CT molecular complexity index is 355. The number of nitrogens with one attached hydrogen (secondary N) is 2. The average Bonchev–Trinajstić information content (AvgIpc) is 2.28. The highest BCUT2D eigenvalue weighted by Gasteiger charge is 2.47. The number of carbonyl (C=O) groups is 2. The number of hydrogen-bond acceptors (Lipinski definition) is 5. The van der Waals surface area contributed by atoms with Gasteiger partial charge in [0.2, 0.25) is 5.91 Å². The summed E-state index contributed by atoms with van der Waals surface area (Å²) in [6, 6.07) is -1.10. The average molecular weight is 244 g/mol. The summed E-state index contributed by atoms with van der Waals surface area (Å²) >= 11 is 0. The zero-order valence-electron chi connectivity index (χ0n) is 9.43. The zero-order valence-corrected chi connectivity index (χ0v) is 9.43. The van der Waals surface area contributed by atoms with Gasteiger partial charge < -0.3 is 21.3 Å². The van der Waals surface area contributed by atoms with Gasteiger partial charge >= 0.3 is 0 Å². The largest absolute Gasteiger partial charge is 0.370 e. The summed E-state index contributed by atoms with van der Waals surface area (Å²) in [7, 11) is 0. The fourth-order valence-electron chi connectivity index (χ4n) is 1.75. The van der Waals surface area contributed by atoms with Crippen molar-refractivity contribution in [2.45, 2.75) is 31.6 Å². The van der Waals surface area contributed by atoms with Gasteiger partial charge in [-0.25, -0.2) is 0 Å². The van der Waals surface area contributed by atoms with Crippen LogP contribution in [0.5, 0.6) is 0 Å². The van der Waals surface area contributed by atoms with Gasteiger partial charge in [-0.15, -0.1) is 0 Å². The minimum absolute atomic E-state index is 0.118. The third-order valence-electron chi connectivity index (χ3n) is 2.59. The molecule has 1 heterocycles. The molecule has 6 N–H and O–H groups in total. The molecule has 8 heteroatoms. The monoisotopic (exact) mass is 244 g/mol. The van der Waals surface area contributed by atoms with E-state index in [0.717, 1.165) is 4.90 Å². The number of aliphatic hydroxyl groups is 2. The lowest BCUT2D eigenvalue weighted by Gasteiger charge is -2.30. The van der Waals surface area contributed by atoms with E-state index in [0.29, 0.717) is 6.42 Å². The molecule has 0 bridgehead atoms. The van der Waals surface area contributed by atoms with E-state index in [1.807, 2.05) is 0 Å². The summed E-state index contributed by atoms with van der Waals surface area (Å²) in [4.78, 5) is 23.4. The predicted molar refractivity (Wildman–Crippen MR) is 57.6 cm³/mol. The lowest BCUT2D eigenvalue weighted by Crippen LogP contribution is -2.61. The van der Waals surface area contributed by atoms with Crippen LogP contribution in [0.1, 0.15) is 19.8 Å². The van der Waals surface area contributed by atoms with Crippen molar-refractivity contribution in [3.63, 3.8) is 0 Å². The van der Waals surface area contributed by atoms with E-state index < -0.39 is 29.6 Å². The Hall–Kier alpha value is -1.67. The number of hydrogen-bond donors (Lipinski definition) is 5. The molecular weight excluding hydrogens is 228 g/mol. The quantitative estimate of drug-likeness (QED) is 0.200. The minimum Gasteiger partial charge on any atom is -0.370 e. The molecule has 1 aliphatic rings. The van der Waals surface area contributed by atoms with E-state index in [1.54, 1.807) is 0 Å². The molecule has 0 saturated carbocycles. The number of nitrogens with two attached hydrogens (primary N) is 1. The van der Waals surface area contributed by atoms with Gasteiger partial charge in [0.15, 0.2) is 5.96 Å². The maximum atomic E-state index is 11.8. The van der Waals surface area contributed by atoms with Crippen LogP contribution in [-0.2, 0) is 9.59 Å². The first-order chi connectivity index (χ1) is 7.76. The van der Waals surface area contributed by atoms with Crippen molar-refractivity contribution in [1.82, 2.24) is 10.2 Å². The van der Waals surface area contributed by atoms with Crippen LogP contribution in [0.25, 0.3) is 0 Å². The van der Waals surface area contributed by atoms with Gasteiger partial charge in [0.1, 0.15) is 0 Å². The maximum Gasteiger partial charge on any atom is 0.291 e. The molecule has 1 aliphatic heterocycles. The van der Waals surface area contributed by atoms with Gasteiger partial charge in [0.25, 0.3) is 11.7 Å². The Morgan fingerprint density at radius 2 is 2.24 bits per heavy atom. The van der Waals surface area contributed by atoms with Crippen LogP contribution in [-0.4, -0.2) is 51.3 Å². The Kier molecular flexibility index (Phi) is 3.69. The van der Waals surface area contributed by atoms with Crippen LogP contribution < -0.4 is 11.1 Å². The van der Waals surface area contributed by atoms with Crippen molar-refractivity contribution in [3.05, 3.63) is 0 Å². The van der Waals surface area contributed by atoms with Gasteiger partial charge in [-0.3, -0.25) is 19.9 Å². The Morgan fingerprint density at radius 3 is 2.71 bits per heavy atom. The number of guanidine groups is 1. The molecule has 0 aromatic heterocycles. The number of likely N-dealkylation sites (tertiary alicyclic amines) is 1. The third-order valence-corrected chi connectivity index (χ3v) is 2.59. The molecule has 2 amide bonds. The summed E-state index contributed by atoms with van der Waals surface area (Å²) in [6.45, 7) is 1.33. The van der Waals surface area contributed by atoms with E-state index in [4.69, 9.17) is 11.1 Å². The molecule has 8 nitrogen and oxygen atoms in total. The molecule has 0 unspecified atom stereocenters. The molecule has 1 atom stereocenters. The number of nitrogens with zero attached hydrogens (tertiary/aromatic N) is 1. The predicted octanol–water partition coefficient (Wildman–Crippen LogP) is -2.31. The molecule has 96 valence electrons. The fraction of sp³-hybridized carbons (Fsp3) is 0.667. The molecule has 0 aromatic rings. The van der Waals surface area contributed by atoms with Gasteiger partial charge in [-0.2, -0.15) is 0 Å². The molecule has 0 aliphatic carbocycles. The van der Waals surface area contributed by atoms with Crippen molar-refractivity contribution < 1.29 is 19.8 Å². The summed E-state index contributed by atoms with van der Waals surface area (Å²) in [5, 5.41) is 29.0. The van der Waals surface area contributed by atoms with Crippen LogP contribution in [0.15, 0.2) is 0 Å². The SMILES string of the molecule is CC(=O)N[C@H]1CCCN(C(=N)N)C(=O)C1(O)O. The molecular formula is C9H16N4O4. The van der Waals surface area contributed by atoms with E-state index >= 15 is 0 Å². The number of carbonyl (C=O) groups excluding carboxylic acids is 2. The summed E-state index contributed by atoms with van der Waals surface area (Å²) in [5.74, 6) is -4.85. The Balaban J connectivity index is 2.97. The Labute approximate surface area is 97.9 Å². The van der Waals surface area contributed by atoms with E-state index in [2.05, 4.69) is 5.32 Å². The van der Waals surface area contributed by atoms with Crippen molar-refractivity contribution >= 4 is 17.8 Å². The normalized spacial score (nSPS) is 24.1. The van der Waals surface area contributed by atoms with Gasteiger partial charge in [-0.1, -0.05) is 0 Å². The second kappa shape index (κ2) is 4.68. The zero-order chi connectivity index (χ0) is 13.2. The molecule has 0 radical (unpaired) electrons. The van der Waals surface area contributed by atoms with Crippen LogP contribution in [0, 0.1) is 5.41 Å². The Morgan fingerprint density at radius 1 is 1.65 bits per heavy atom. The summed E-state index contributed by atoms with van der Waals surface area (Å²) < 4.78 is 0. The summed E-state index contributed by atoms with van der Waals surface area (Å²) in [6.07, 6.45) is 0.612. The molecule has 1 fully saturated rings. The summed E-state index contributed by atoms with van der Waals surface area (Å²) in [5.41, 5.74) is 5.17. The van der Waals surface area contributed by atoms with Crippen molar-refractivity contribution in [2.24, 2.45) is 5.73 Å². The highest BCUT2D eigenvalue weighted by Crippen LogP contribution is 2.20. The standard InChI is InChI=1S/C9H16N4O4/c1-5(14)12-6-3-2-4-13(8(10)11)7(15)9(6,16)17/h6,16-17H,2-4H2,1H3,(H3,10,11)(H,12,14)/t6-/m0/s1. The van der Waals surface area contributed by atoms with E-state index in [9.17, 15) is 19.8 Å². The second-order valence-electron chi connectivity index (χ2n) is 3.96. The maximum absolute atomic E-state index is 11.8. The van der Waals surface area contributed by atoms with E-state index in [1.165, 1.54) is 6.92 Å². The van der Waals surface area contributed by atoms with Crippen LogP contribution >= 0.6 is 0 Å². The molecule has 0 aromatic carbocycles. The van der Waals surface area contributed by atoms with Crippen molar-refractivity contribution in [3.8, 4) is 0 Å². The second-order valence-corrected chi connectivity index (χ2v) is 3.96. The van der Waals surface area contributed by atoms with Gasteiger partial charge in [0, 0.05) is 13.5 Å². The first-order valence-electron chi connectivity index (χ1n) is 5.14. The van der Waals surface area contributed by atoms with Crippen LogP contribution in [0.4, 0.5) is 0 Å². The lowest BCUT2D eigenvalue weighted by atomic mass is 10.0. The third kappa shape index (κ3) is 2.71. The molecule has 0 spiro atoms. The first kappa shape index (κ1) is 13.4. The molecule has 17 heavy (non-hydrogen) atoms. The number of rotatable bonds is 1. The van der Waals surface area contributed by atoms with Gasteiger partial charge in [0.05, 0.1) is 6.04 Å². The topological polar surface area (TPSA) is 140 Å².